The van der Waals surface area contributed by atoms with Crippen molar-refractivity contribution >= 4 is 11.7 Å². The Bertz CT molecular complexity index is 555. The lowest BCUT2D eigenvalue weighted by Gasteiger charge is -2.38. The number of anilines is 1. The average Bonchev–Trinajstić information content (AvgIpc) is 2.72. The summed E-state index contributed by atoms with van der Waals surface area (Å²) in [7, 11) is 0. The second-order valence-electron chi connectivity index (χ2n) is 6.97. The van der Waals surface area contributed by atoms with Gasteiger partial charge < -0.3 is 10.5 Å². The van der Waals surface area contributed by atoms with Crippen LogP contribution in [0.4, 0.5) is 5.69 Å². The Kier molecular flexibility index (Phi) is 2.82. The molecule has 108 valence electrons. The van der Waals surface area contributed by atoms with Crippen LogP contribution < -0.4 is 5.73 Å². The minimum Gasteiger partial charge on any atom is -0.458 e. The molecule has 2 aliphatic carbocycles. The third kappa shape index (κ3) is 1.67. The van der Waals surface area contributed by atoms with Crippen LogP contribution in [0.3, 0.4) is 0 Å². The number of nitrogens with zero attached hydrogens (tertiary/aromatic N) is 1. The molecule has 2 saturated carbocycles. The van der Waals surface area contributed by atoms with Crippen LogP contribution in [0.1, 0.15) is 50.4 Å². The highest BCUT2D eigenvalue weighted by molar-refractivity contribution is 5.94. The highest BCUT2D eigenvalue weighted by atomic mass is 16.5. The lowest BCUT2D eigenvalue weighted by Crippen LogP contribution is -2.38. The zero-order valence-electron chi connectivity index (χ0n) is 12.3. The van der Waals surface area contributed by atoms with Crippen molar-refractivity contribution < 1.29 is 9.53 Å². The predicted octanol–water partition coefficient (Wildman–Crippen LogP) is 3.04. The van der Waals surface area contributed by atoms with E-state index in [0.717, 1.165) is 12.8 Å². The van der Waals surface area contributed by atoms with Crippen LogP contribution in [0.2, 0.25) is 0 Å². The Labute approximate surface area is 119 Å². The third-order valence-corrected chi connectivity index (χ3v) is 6.04. The molecular weight excluding hydrogens is 252 g/mol. The quantitative estimate of drug-likeness (QED) is 0.842. The first kappa shape index (κ1) is 13.4. The molecule has 0 amide bonds. The highest BCUT2D eigenvalue weighted by Gasteiger charge is 2.62. The van der Waals surface area contributed by atoms with Crippen molar-refractivity contribution in [3.63, 3.8) is 0 Å². The molecule has 20 heavy (non-hydrogen) atoms. The van der Waals surface area contributed by atoms with Crippen LogP contribution >= 0.6 is 0 Å². The fourth-order valence-corrected chi connectivity index (χ4v) is 4.09. The summed E-state index contributed by atoms with van der Waals surface area (Å²) in [6.07, 6.45) is 6.41. The largest absolute Gasteiger partial charge is 0.458 e. The summed E-state index contributed by atoms with van der Waals surface area (Å²) in [5.41, 5.74) is 6.91. The molecule has 1 heterocycles. The Hall–Kier alpha value is -1.58. The van der Waals surface area contributed by atoms with Gasteiger partial charge in [0.2, 0.25) is 0 Å². The van der Waals surface area contributed by atoms with Gasteiger partial charge in [0.1, 0.15) is 6.10 Å². The van der Waals surface area contributed by atoms with Gasteiger partial charge in [0.25, 0.3) is 0 Å². The SMILES string of the molecule is CC1(C)C2CCC1(C)C(OC(=O)c1ccncc1N)C2. The average molecular weight is 274 g/mol. The number of hydrogen-bond acceptors (Lipinski definition) is 4. The lowest BCUT2D eigenvalue weighted by atomic mass is 9.70. The van der Waals surface area contributed by atoms with Gasteiger partial charge in [-0.15, -0.1) is 0 Å². The van der Waals surface area contributed by atoms with Gasteiger partial charge in [-0.2, -0.15) is 0 Å². The van der Waals surface area contributed by atoms with Gasteiger partial charge in [-0.3, -0.25) is 4.98 Å². The fraction of sp³-hybridized carbons (Fsp3) is 0.625. The summed E-state index contributed by atoms with van der Waals surface area (Å²) < 4.78 is 5.80. The molecular formula is C16H22N2O2. The molecule has 0 aromatic carbocycles. The van der Waals surface area contributed by atoms with E-state index >= 15 is 0 Å². The van der Waals surface area contributed by atoms with E-state index in [4.69, 9.17) is 10.5 Å². The normalized spacial score (nSPS) is 34.1. The maximum absolute atomic E-state index is 12.3. The summed E-state index contributed by atoms with van der Waals surface area (Å²) >= 11 is 0. The first-order chi connectivity index (χ1) is 9.36. The van der Waals surface area contributed by atoms with Crippen LogP contribution in [0, 0.1) is 16.7 Å². The number of esters is 1. The molecule has 1 aromatic heterocycles. The van der Waals surface area contributed by atoms with Crippen LogP contribution in [0.15, 0.2) is 18.5 Å². The first-order valence-electron chi connectivity index (χ1n) is 7.27. The molecule has 4 heteroatoms. The molecule has 0 spiro atoms. The standard InChI is InChI=1S/C16H22N2O2/c1-15(2)10-4-6-16(15,3)13(8-10)20-14(19)11-5-7-18-9-12(11)17/h5,7,9-10,13H,4,6,8,17H2,1-3H3. The van der Waals surface area contributed by atoms with Crippen LogP contribution in [0.5, 0.6) is 0 Å². The summed E-state index contributed by atoms with van der Waals surface area (Å²) in [5, 5.41) is 0. The van der Waals surface area contributed by atoms with E-state index in [1.165, 1.54) is 12.6 Å². The Balaban J connectivity index is 1.81. The van der Waals surface area contributed by atoms with Gasteiger partial charge in [0, 0.05) is 11.6 Å². The van der Waals surface area contributed by atoms with Gasteiger partial charge in [0.15, 0.2) is 0 Å². The number of ether oxygens (including phenoxy) is 1. The molecule has 3 rings (SSSR count). The lowest BCUT2D eigenvalue weighted by molar-refractivity contribution is -0.0241. The van der Waals surface area contributed by atoms with E-state index in [-0.39, 0.29) is 22.9 Å². The number of nitrogens with two attached hydrogens (primary N) is 1. The summed E-state index contributed by atoms with van der Waals surface area (Å²) in [5.74, 6) is 0.333. The predicted molar refractivity (Wildman–Crippen MR) is 77.1 cm³/mol. The fourth-order valence-electron chi connectivity index (χ4n) is 4.09. The minimum absolute atomic E-state index is 0.00341. The molecule has 1 aromatic rings. The Morgan fingerprint density at radius 1 is 1.45 bits per heavy atom. The first-order valence-corrected chi connectivity index (χ1v) is 7.27. The summed E-state index contributed by atoms with van der Waals surface area (Å²) in [6, 6.07) is 1.62. The molecule has 3 unspecified atom stereocenters. The summed E-state index contributed by atoms with van der Waals surface area (Å²) in [4.78, 5) is 16.2. The van der Waals surface area contributed by atoms with Gasteiger partial charge in [-0.25, -0.2) is 4.79 Å². The van der Waals surface area contributed by atoms with Crippen LogP contribution in [-0.4, -0.2) is 17.1 Å². The van der Waals surface area contributed by atoms with Crippen LogP contribution in [0.25, 0.3) is 0 Å². The zero-order valence-corrected chi connectivity index (χ0v) is 12.3. The number of aromatic nitrogens is 1. The molecule has 2 N–H and O–H groups in total. The monoisotopic (exact) mass is 274 g/mol. The molecule has 4 nitrogen and oxygen atoms in total. The van der Waals surface area contributed by atoms with E-state index in [0.29, 0.717) is 17.2 Å². The van der Waals surface area contributed by atoms with Gasteiger partial charge in [0.05, 0.1) is 17.4 Å². The number of carbonyl (C=O) groups is 1. The number of hydrogen-bond donors (Lipinski definition) is 1. The number of pyridine rings is 1. The number of nitrogen functional groups attached to an aromatic ring is 1. The molecule has 0 aliphatic heterocycles. The van der Waals surface area contributed by atoms with Gasteiger partial charge in [-0.05, 0) is 36.7 Å². The van der Waals surface area contributed by atoms with E-state index in [1.807, 2.05) is 0 Å². The number of rotatable bonds is 2. The van der Waals surface area contributed by atoms with Crippen molar-refractivity contribution in [2.45, 2.75) is 46.1 Å². The molecule has 0 radical (unpaired) electrons. The van der Waals surface area contributed by atoms with Gasteiger partial charge in [-0.1, -0.05) is 20.8 Å². The number of carbonyl (C=O) groups excluding carboxylic acids is 1. The molecule has 2 bridgehead atoms. The molecule has 2 aliphatic rings. The Morgan fingerprint density at radius 3 is 2.75 bits per heavy atom. The molecule has 0 saturated heterocycles. The third-order valence-electron chi connectivity index (χ3n) is 6.04. The van der Waals surface area contributed by atoms with Crippen molar-refractivity contribution in [1.82, 2.24) is 4.98 Å². The van der Waals surface area contributed by atoms with E-state index in [2.05, 4.69) is 25.8 Å². The molecule has 3 atom stereocenters. The van der Waals surface area contributed by atoms with Crippen LogP contribution in [-0.2, 0) is 4.74 Å². The van der Waals surface area contributed by atoms with Crippen molar-refractivity contribution in [3.05, 3.63) is 24.0 Å². The van der Waals surface area contributed by atoms with E-state index < -0.39 is 0 Å². The van der Waals surface area contributed by atoms with Crippen molar-refractivity contribution in [3.8, 4) is 0 Å². The van der Waals surface area contributed by atoms with E-state index in [1.54, 1.807) is 12.3 Å². The Morgan fingerprint density at radius 2 is 2.20 bits per heavy atom. The smallest absolute Gasteiger partial charge is 0.340 e. The van der Waals surface area contributed by atoms with Gasteiger partial charge >= 0.3 is 5.97 Å². The molecule has 2 fully saturated rings. The maximum atomic E-state index is 12.3. The zero-order chi connectivity index (χ0) is 14.5. The second-order valence-corrected chi connectivity index (χ2v) is 6.97. The topological polar surface area (TPSA) is 65.2 Å². The highest BCUT2D eigenvalue weighted by Crippen LogP contribution is 2.66. The van der Waals surface area contributed by atoms with Crippen molar-refractivity contribution in [1.29, 1.82) is 0 Å². The van der Waals surface area contributed by atoms with Crippen molar-refractivity contribution in [2.24, 2.45) is 16.7 Å². The maximum Gasteiger partial charge on any atom is 0.340 e. The number of fused-ring (bicyclic) bond motifs is 2. The van der Waals surface area contributed by atoms with Crippen molar-refractivity contribution in [2.75, 3.05) is 5.73 Å². The minimum atomic E-state index is -0.320. The summed E-state index contributed by atoms with van der Waals surface area (Å²) in [6.45, 7) is 6.87. The second kappa shape index (κ2) is 4.21. The van der Waals surface area contributed by atoms with E-state index in [9.17, 15) is 4.79 Å².